The summed E-state index contributed by atoms with van der Waals surface area (Å²) in [6.45, 7) is 0. The van der Waals surface area contributed by atoms with E-state index < -0.39 is 15.2 Å². The van der Waals surface area contributed by atoms with Gasteiger partial charge in [-0.15, -0.1) is 0 Å². The second-order valence-electron chi connectivity index (χ2n) is 9.39. The molecule has 0 bridgehead atoms. The maximum Gasteiger partial charge on any atom is 0.325 e. The van der Waals surface area contributed by atoms with Crippen LogP contribution in [0.3, 0.4) is 0 Å². The SMILES string of the molecule is O=C(CCCCCCCCC(=O)Nc1ccc(CCP(=O)(O)O)cc1)Nc1ccc(CCP(=O)(O)O)cc1. The molecule has 210 valence electrons. The van der Waals surface area contributed by atoms with E-state index in [-0.39, 0.29) is 37.0 Å². The van der Waals surface area contributed by atoms with E-state index in [1.54, 1.807) is 48.5 Å². The number of carbonyl (C=O) groups is 2. The lowest BCUT2D eigenvalue weighted by Crippen LogP contribution is -2.11. The molecule has 0 radical (unpaired) electrons. The van der Waals surface area contributed by atoms with E-state index in [2.05, 4.69) is 10.6 Å². The first-order valence-electron chi connectivity index (χ1n) is 12.8. The van der Waals surface area contributed by atoms with Crippen LogP contribution < -0.4 is 10.6 Å². The summed E-state index contributed by atoms with van der Waals surface area (Å²) in [5.41, 5.74) is 2.92. The highest BCUT2D eigenvalue weighted by Crippen LogP contribution is 2.35. The Balaban J connectivity index is 1.50. The summed E-state index contributed by atoms with van der Waals surface area (Å²) in [6.07, 6.45) is 6.37. The number of anilines is 2. The molecule has 0 aliphatic rings. The van der Waals surface area contributed by atoms with Gasteiger partial charge in [0.1, 0.15) is 0 Å². The first kappa shape index (κ1) is 31.9. The second kappa shape index (κ2) is 15.9. The number of nitrogens with one attached hydrogen (secondary N) is 2. The molecule has 2 amide bonds. The number of unbranched alkanes of at least 4 members (excludes halogenated alkanes) is 5. The third kappa shape index (κ3) is 15.2. The summed E-state index contributed by atoms with van der Waals surface area (Å²) in [6, 6.07) is 13.9. The van der Waals surface area contributed by atoms with Crippen LogP contribution in [0.4, 0.5) is 11.4 Å². The topological polar surface area (TPSA) is 173 Å². The Kier molecular flexibility index (Phi) is 13.4. The van der Waals surface area contributed by atoms with Gasteiger partial charge in [0, 0.05) is 24.2 Å². The maximum absolute atomic E-state index is 12.1. The molecule has 10 nitrogen and oxygen atoms in total. The zero-order valence-corrected chi connectivity index (χ0v) is 23.2. The predicted octanol–water partition coefficient (Wildman–Crippen LogP) is 4.83. The van der Waals surface area contributed by atoms with Crippen LogP contribution in [0.15, 0.2) is 48.5 Å². The molecule has 0 spiro atoms. The Morgan fingerprint density at radius 2 is 0.868 bits per heavy atom. The van der Waals surface area contributed by atoms with Crippen molar-refractivity contribution in [2.45, 2.75) is 64.2 Å². The minimum atomic E-state index is -4.02. The molecule has 0 saturated carbocycles. The molecule has 0 aliphatic heterocycles. The fourth-order valence-electron chi connectivity index (χ4n) is 3.78. The quantitative estimate of drug-likeness (QED) is 0.116. The van der Waals surface area contributed by atoms with E-state index in [4.69, 9.17) is 19.6 Å². The van der Waals surface area contributed by atoms with E-state index in [9.17, 15) is 18.7 Å². The van der Waals surface area contributed by atoms with Gasteiger partial charge in [-0.2, -0.15) is 0 Å². The molecule has 2 aromatic carbocycles. The molecule has 2 rings (SSSR count). The van der Waals surface area contributed by atoms with Gasteiger partial charge in [-0.25, -0.2) is 0 Å². The molecular weight excluding hydrogens is 530 g/mol. The lowest BCUT2D eigenvalue weighted by Gasteiger charge is -2.08. The Hall–Kier alpha value is -2.32. The summed E-state index contributed by atoms with van der Waals surface area (Å²) < 4.78 is 21.9. The molecule has 0 heterocycles. The molecule has 0 aromatic heterocycles. The fourth-order valence-corrected chi connectivity index (χ4v) is 4.88. The van der Waals surface area contributed by atoms with Gasteiger partial charge in [-0.05, 0) is 61.1 Å². The average Bonchev–Trinajstić information content (AvgIpc) is 2.84. The van der Waals surface area contributed by atoms with Gasteiger partial charge in [0.15, 0.2) is 0 Å². The molecular formula is C26H38N2O8P2. The Morgan fingerprint density at radius 1 is 0.553 bits per heavy atom. The number of rotatable bonds is 17. The van der Waals surface area contributed by atoms with Gasteiger partial charge in [0.2, 0.25) is 11.8 Å². The molecule has 0 unspecified atom stereocenters. The summed E-state index contributed by atoms with van der Waals surface area (Å²) >= 11 is 0. The van der Waals surface area contributed by atoms with Crippen molar-refractivity contribution in [2.24, 2.45) is 0 Å². The fraction of sp³-hybridized carbons (Fsp3) is 0.462. The van der Waals surface area contributed by atoms with Crippen LogP contribution in [0.2, 0.25) is 0 Å². The summed E-state index contributed by atoms with van der Waals surface area (Å²) in [7, 11) is -8.04. The van der Waals surface area contributed by atoms with Crippen molar-refractivity contribution < 1.29 is 38.3 Å². The van der Waals surface area contributed by atoms with Crippen LogP contribution in [0.5, 0.6) is 0 Å². The molecule has 0 aliphatic carbocycles. The number of hydrogen-bond donors (Lipinski definition) is 6. The van der Waals surface area contributed by atoms with Crippen LogP contribution in [-0.2, 0) is 31.6 Å². The zero-order chi connectivity index (χ0) is 28.0. The molecule has 12 heteroatoms. The Bertz CT molecular complexity index is 1020. The predicted molar refractivity (Wildman–Crippen MR) is 148 cm³/mol. The first-order chi connectivity index (χ1) is 17.9. The average molecular weight is 569 g/mol. The largest absolute Gasteiger partial charge is 0.326 e. The summed E-state index contributed by atoms with van der Waals surface area (Å²) in [5.74, 6) is -0.140. The number of carbonyl (C=O) groups excluding carboxylic acids is 2. The lowest BCUT2D eigenvalue weighted by molar-refractivity contribution is -0.117. The first-order valence-corrected chi connectivity index (χ1v) is 16.4. The Morgan fingerprint density at radius 3 is 1.18 bits per heavy atom. The number of benzene rings is 2. The van der Waals surface area contributed by atoms with Gasteiger partial charge in [-0.3, -0.25) is 18.7 Å². The molecule has 0 fully saturated rings. The van der Waals surface area contributed by atoms with Gasteiger partial charge < -0.3 is 30.2 Å². The molecule has 0 atom stereocenters. The number of aryl methyl sites for hydroxylation is 2. The minimum Gasteiger partial charge on any atom is -0.326 e. The third-order valence-corrected chi connectivity index (χ3v) is 7.53. The molecule has 0 saturated heterocycles. The van der Waals surface area contributed by atoms with Crippen LogP contribution in [0.1, 0.15) is 62.5 Å². The van der Waals surface area contributed by atoms with Crippen molar-refractivity contribution >= 4 is 38.4 Å². The molecule has 6 N–H and O–H groups in total. The van der Waals surface area contributed by atoms with E-state index in [0.717, 1.165) is 49.7 Å². The maximum atomic E-state index is 12.1. The van der Waals surface area contributed by atoms with Crippen molar-refractivity contribution in [3.63, 3.8) is 0 Å². The number of hydrogen-bond acceptors (Lipinski definition) is 4. The van der Waals surface area contributed by atoms with Crippen LogP contribution >= 0.6 is 15.2 Å². The third-order valence-electron chi connectivity index (χ3n) is 5.92. The highest BCUT2D eigenvalue weighted by atomic mass is 31.2. The van der Waals surface area contributed by atoms with E-state index >= 15 is 0 Å². The summed E-state index contributed by atoms with van der Waals surface area (Å²) in [5, 5.41) is 5.66. The number of amides is 2. The highest BCUT2D eigenvalue weighted by Gasteiger charge is 2.13. The Labute approximate surface area is 223 Å². The van der Waals surface area contributed by atoms with Crippen LogP contribution in [-0.4, -0.2) is 43.7 Å². The van der Waals surface area contributed by atoms with Crippen LogP contribution in [0.25, 0.3) is 0 Å². The standard InChI is InChI=1S/C26H38N2O8P2/c29-25(27-23-13-9-21(10-14-23)17-19-37(31,32)33)7-5-3-1-2-4-6-8-26(30)28-24-15-11-22(12-16-24)18-20-38(34,35)36/h9-16H,1-8,17-20H2,(H,27,29)(H,28,30)(H2,31,32,33)(H2,34,35,36). The van der Waals surface area contributed by atoms with Gasteiger partial charge in [0.25, 0.3) is 0 Å². The van der Waals surface area contributed by atoms with Crippen molar-refractivity contribution in [1.29, 1.82) is 0 Å². The van der Waals surface area contributed by atoms with E-state index in [1.807, 2.05) is 0 Å². The summed E-state index contributed by atoms with van der Waals surface area (Å²) in [4.78, 5) is 60.0. The van der Waals surface area contributed by atoms with Crippen molar-refractivity contribution in [3.05, 3.63) is 59.7 Å². The monoisotopic (exact) mass is 568 g/mol. The van der Waals surface area contributed by atoms with Crippen molar-refractivity contribution in [1.82, 2.24) is 0 Å². The van der Waals surface area contributed by atoms with Gasteiger partial charge in [0.05, 0.1) is 12.3 Å². The van der Waals surface area contributed by atoms with E-state index in [0.29, 0.717) is 24.2 Å². The highest BCUT2D eigenvalue weighted by molar-refractivity contribution is 7.52. The lowest BCUT2D eigenvalue weighted by atomic mass is 10.1. The van der Waals surface area contributed by atoms with Crippen molar-refractivity contribution in [3.8, 4) is 0 Å². The van der Waals surface area contributed by atoms with E-state index in [1.165, 1.54) is 0 Å². The molecule has 38 heavy (non-hydrogen) atoms. The minimum absolute atomic E-state index is 0.0699. The second-order valence-corrected chi connectivity index (χ2v) is 12.9. The van der Waals surface area contributed by atoms with Crippen molar-refractivity contribution in [2.75, 3.05) is 23.0 Å². The molecule has 2 aromatic rings. The zero-order valence-electron chi connectivity index (χ0n) is 21.4. The van der Waals surface area contributed by atoms with Gasteiger partial charge >= 0.3 is 15.2 Å². The normalized spacial score (nSPS) is 11.8. The van der Waals surface area contributed by atoms with Gasteiger partial charge in [-0.1, -0.05) is 49.9 Å². The van der Waals surface area contributed by atoms with Crippen LogP contribution in [0, 0.1) is 0 Å². The smallest absolute Gasteiger partial charge is 0.325 e.